The van der Waals surface area contributed by atoms with Crippen LogP contribution in [0.4, 0.5) is 0 Å². The SMILES string of the molecule is CC1(C)[C@]2(C)CC[C@@]1(C(=O)N1CCCCC1)[C@@H](Br)C2=O. The number of hydrogen-bond acceptors (Lipinski definition) is 2. The predicted octanol–water partition coefficient (Wildman–Crippen LogP) is 3.16. The minimum absolute atomic E-state index is 0.221. The second-order valence-electron chi connectivity index (χ2n) is 7.51. The summed E-state index contributed by atoms with van der Waals surface area (Å²) in [5.41, 5.74) is -1.15. The zero-order valence-electron chi connectivity index (χ0n) is 12.7. The van der Waals surface area contributed by atoms with Gasteiger partial charge in [0, 0.05) is 18.5 Å². The number of halogens is 1. The molecule has 1 heterocycles. The standard InChI is InChI=1S/C16H24BrNO2/c1-14(2)15(3)7-8-16(14,11(17)12(15)19)13(20)18-9-5-4-6-10-18/h11H,4-10H2,1-3H3/t11-,15+,16-/m0/s1. The van der Waals surface area contributed by atoms with Gasteiger partial charge in [-0.25, -0.2) is 0 Å². The van der Waals surface area contributed by atoms with Crippen LogP contribution in [0.2, 0.25) is 0 Å². The lowest BCUT2D eigenvalue weighted by Crippen LogP contribution is -2.53. The fourth-order valence-electron chi connectivity index (χ4n) is 4.80. The maximum atomic E-state index is 13.2. The predicted molar refractivity (Wildman–Crippen MR) is 81.7 cm³/mol. The van der Waals surface area contributed by atoms with E-state index in [1.807, 2.05) is 4.90 Å². The summed E-state index contributed by atoms with van der Waals surface area (Å²) in [6, 6.07) is 0. The number of Topliss-reactive ketones (excluding diaryl/α,β-unsaturated/α-hetero) is 1. The van der Waals surface area contributed by atoms with E-state index in [9.17, 15) is 9.59 Å². The monoisotopic (exact) mass is 341 g/mol. The highest BCUT2D eigenvalue weighted by Crippen LogP contribution is 2.72. The highest BCUT2D eigenvalue weighted by atomic mass is 79.9. The molecule has 1 saturated heterocycles. The van der Waals surface area contributed by atoms with Crippen LogP contribution in [0, 0.1) is 16.2 Å². The van der Waals surface area contributed by atoms with Gasteiger partial charge in [0.15, 0.2) is 5.78 Å². The van der Waals surface area contributed by atoms with Gasteiger partial charge in [-0.3, -0.25) is 9.59 Å². The molecule has 0 N–H and O–H groups in total. The van der Waals surface area contributed by atoms with Crippen LogP contribution in [-0.4, -0.2) is 34.5 Å². The highest BCUT2D eigenvalue weighted by Gasteiger charge is 2.77. The molecule has 3 nitrogen and oxygen atoms in total. The van der Waals surface area contributed by atoms with Crippen molar-refractivity contribution in [1.29, 1.82) is 0 Å². The summed E-state index contributed by atoms with van der Waals surface area (Å²) in [6.07, 6.45) is 5.10. The van der Waals surface area contributed by atoms with Crippen molar-refractivity contribution in [3.63, 3.8) is 0 Å². The Kier molecular flexibility index (Phi) is 3.14. The van der Waals surface area contributed by atoms with E-state index in [0.29, 0.717) is 0 Å². The van der Waals surface area contributed by atoms with E-state index in [-0.39, 0.29) is 27.3 Å². The van der Waals surface area contributed by atoms with Gasteiger partial charge in [-0.05, 0) is 37.5 Å². The van der Waals surface area contributed by atoms with Crippen molar-refractivity contribution >= 4 is 27.6 Å². The number of hydrogen-bond donors (Lipinski definition) is 0. The molecule has 112 valence electrons. The molecule has 2 bridgehead atoms. The first-order valence-corrected chi connectivity index (χ1v) is 8.68. The average Bonchev–Trinajstić information content (AvgIpc) is 2.71. The molecule has 3 atom stereocenters. The smallest absolute Gasteiger partial charge is 0.230 e. The first-order chi connectivity index (χ1) is 9.29. The minimum Gasteiger partial charge on any atom is -0.342 e. The van der Waals surface area contributed by atoms with Crippen LogP contribution in [0.15, 0.2) is 0 Å². The van der Waals surface area contributed by atoms with E-state index in [4.69, 9.17) is 0 Å². The number of nitrogens with zero attached hydrogens (tertiary/aromatic N) is 1. The summed E-state index contributed by atoms with van der Waals surface area (Å²) in [5, 5.41) is 0. The van der Waals surface area contributed by atoms with Gasteiger partial charge in [-0.2, -0.15) is 0 Å². The summed E-state index contributed by atoms with van der Waals surface area (Å²) < 4.78 is 0. The van der Waals surface area contributed by atoms with Crippen molar-refractivity contribution in [2.24, 2.45) is 16.2 Å². The quantitative estimate of drug-likeness (QED) is 0.687. The van der Waals surface area contributed by atoms with Crippen molar-refractivity contribution in [2.75, 3.05) is 13.1 Å². The third-order valence-corrected chi connectivity index (χ3v) is 7.94. The van der Waals surface area contributed by atoms with Crippen molar-refractivity contribution in [3.05, 3.63) is 0 Å². The Morgan fingerprint density at radius 1 is 1.15 bits per heavy atom. The molecule has 0 aromatic rings. The lowest BCUT2D eigenvalue weighted by atomic mass is 9.64. The van der Waals surface area contributed by atoms with Gasteiger partial charge in [0.2, 0.25) is 5.91 Å². The molecule has 3 aliphatic rings. The Bertz CT molecular complexity index is 469. The van der Waals surface area contributed by atoms with Crippen LogP contribution in [0.25, 0.3) is 0 Å². The number of rotatable bonds is 1. The second-order valence-corrected chi connectivity index (χ2v) is 8.42. The molecule has 0 aromatic carbocycles. The van der Waals surface area contributed by atoms with Gasteiger partial charge in [0.05, 0.1) is 10.2 Å². The van der Waals surface area contributed by atoms with Crippen LogP contribution >= 0.6 is 15.9 Å². The summed E-state index contributed by atoms with van der Waals surface area (Å²) in [7, 11) is 0. The van der Waals surface area contributed by atoms with E-state index in [1.54, 1.807) is 0 Å². The third kappa shape index (κ3) is 1.42. The van der Waals surface area contributed by atoms with Crippen molar-refractivity contribution in [3.8, 4) is 0 Å². The van der Waals surface area contributed by atoms with E-state index < -0.39 is 5.41 Å². The zero-order chi connectivity index (χ0) is 14.8. The first-order valence-electron chi connectivity index (χ1n) is 7.77. The Morgan fingerprint density at radius 2 is 1.75 bits per heavy atom. The van der Waals surface area contributed by atoms with Gasteiger partial charge in [0.25, 0.3) is 0 Å². The van der Waals surface area contributed by atoms with E-state index in [1.165, 1.54) is 6.42 Å². The van der Waals surface area contributed by atoms with Crippen molar-refractivity contribution in [1.82, 2.24) is 4.90 Å². The van der Waals surface area contributed by atoms with E-state index in [2.05, 4.69) is 36.7 Å². The van der Waals surface area contributed by atoms with Gasteiger partial charge in [0.1, 0.15) is 0 Å². The molecule has 2 aliphatic carbocycles. The molecule has 1 aliphatic heterocycles. The molecule has 20 heavy (non-hydrogen) atoms. The summed E-state index contributed by atoms with van der Waals surface area (Å²) in [6.45, 7) is 8.03. The zero-order valence-corrected chi connectivity index (χ0v) is 14.3. The fourth-order valence-corrected chi connectivity index (χ4v) is 6.31. The van der Waals surface area contributed by atoms with Gasteiger partial charge in [-0.1, -0.05) is 36.7 Å². The molecular formula is C16H24BrNO2. The summed E-state index contributed by atoms with van der Waals surface area (Å²) in [5.74, 6) is 0.456. The molecular weight excluding hydrogens is 318 g/mol. The minimum atomic E-state index is -0.532. The Hall–Kier alpha value is -0.380. The molecule has 0 radical (unpaired) electrons. The van der Waals surface area contributed by atoms with E-state index >= 15 is 0 Å². The number of piperidine rings is 1. The van der Waals surface area contributed by atoms with Crippen molar-refractivity contribution in [2.45, 2.75) is 57.7 Å². The van der Waals surface area contributed by atoms with Crippen LogP contribution in [0.1, 0.15) is 52.9 Å². The molecule has 0 unspecified atom stereocenters. The molecule has 4 heteroatoms. The summed E-state index contributed by atoms with van der Waals surface area (Å²) in [4.78, 5) is 27.6. The number of ketones is 1. The number of amides is 1. The average molecular weight is 342 g/mol. The fraction of sp³-hybridized carbons (Fsp3) is 0.875. The van der Waals surface area contributed by atoms with Crippen LogP contribution in [0.5, 0.6) is 0 Å². The third-order valence-electron chi connectivity index (χ3n) is 6.75. The van der Waals surface area contributed by atoms with Crippen LogP contribution in [0.3, 0.4) is 0 Å². The van der Waals surface area contributed by atoms with Gasteiger partial charge < -0.3 is 4.90 Å². The number of carbonyl (C=O) groups is 2. The Balaban J connectivity index is 2.02. The second kappa shape index (κ2) is 4.31. The molecule has 0 aromatic heterocycles. The first kappa shape index (κ1) is 14.6. The maximum Gasteiger partial charge on any atom is 0.230 e. The van der Waals surface area contributed by atoms with Crippen LogP contribution in [-0.2, 0) is 9.59 Å². The topological polar surface area (TPSA) is 37.4 Å². The van der Waals surface area contributed by atoms with Gasteiger partial charge >= 0.3 is 0 Å². The number of likely N-dealkylation sites (tertiary alicyclic amines) is 1. The van der Waals surface area contributed by atoms with Crippen molar-refractivity contribution < 1.29 is 9.59 Å². The summed E-state index contributed by atoms with van der Waals surface area (Å²) >= 11 is 3.60. The Morgan fingerprint density at radius 3 is 2.25 bits per heavy atom. The Labute approximate surface area is 129 Å². The lowest BCUT2D eigenvalue weighted by Gasteiger charge is -2.43. The molecule has 3 rings (SSSR count). The molecule has 3 fully saturated rings. The number of carbonyl (C=O) groups excluding carboxylic acids is 2. The molecule has 2 saturated carbocycles. The number of fused-ring (bicyclic) bond motifs is 2. The lowest BCUT2D eigenvalue weighted by molar-refractivity contribution is -0.148. The van der Waals surface area contributed by atoms with Crippen LogP contribution < -0.4 is 0 Å². The van der Waals surface area contributed by atoms with Gasteiger partial charge in [-0.15, -0.1) is 0 Å². The highest BCUT2D eigenvalue weighted by molar-refractivity contribution is 9.10. The normalized spacial score (nSPS) is 43.1. The number of alkyl halides is 1. The molecule has 0 spiro atoms. The largest absolute Gasteiger partial charge is 0.342 e. The molecule has 1 amide bonds. The maximum absolute atomic E-state index is 13.2. The van der Waals surface area contributed by atoms with E-state index in [0.717, 1.165) is 38.8 Å².